The zero-order valence-electron chi connectivity index (χ0n) is 24.2. The number of rotatable bonds is 8. The van der Waals surface area contributed by atoms with Crippen molar-refractivity contribution in [3.63, 3.8) is 0 Å². The van der Waals surface area contributed by atoms with Gasteiger partial charge in [0.15, 0.2) is 17.0 Å². The molecule has 2 amide bonds. The number of ether oxygens (including phenoxy) is 1. The molecule has 3 heterocycles. The van der Waals surface area contributed by atoms with Gasteiger partial charge < -0.3 is 29.7 Å². The van der Waals surface area contributed by atoms with E-state index in [-0.39, 0.29) is 11.8 Å². The number of benzene rings is 3. The topological polar surface area (TPSA) is 100 Å². The standard InChI is InChI=1S/C32H32ClFN8O2/c1-44-26-8-4-7-25(18-26)37-32(43)41-15-5-14-40(16-17-41)31-38-29(35-19-22-10-12-24(34)13-11-22)28-30(39-31)42(21-36-28)20-23-6-2-3-9-27(23)33/h2-4,6-13,18,21H,5,14-17,19-20H2,1H3,(H,37,43)(H,35,38,39). The lowest BCUT2D eigenvalue weighted by molar-refractivity contribution is 0.215. The molecule has 44 heavy (non-hydrogen) atoms. The van der Waals surface area contributed by atoms with Crippen LogP contribution >= 0.6 is 11.6 Å². The lowest BCUT2D eigenvalue weighted by atomic mass is 10.2. The molecule has 0 saturated carbocycles. The highest BCUT2D eigenvalue weighted by atomic mass is 35.5. The molecule has 1 fully saturated rings. The van der Waals surface area contributed by atoms with Crippen LogP contribution in [0, 0.1) is 5.82 Å². The van der Waals surface area contributed by atoms with Gasteiger partial charge >= 0.3 is 6.03 Å². The van der Waals surface area contributed by atoms with Crippen molar-refractivity contribution >= 4 is 46.2 Å². The van der Waals surface area contributed by atoms with Crippen LogP contribution in [0.3, 0.4) is 0 Å². The minimum Gasteiger partial charge on any atom is -0.497 e. The van der Waals surface area contributed by atoms with E-state index in [0.29, 0.717) is 78.7 Å². The van der Waals surface area contributed by atoms with Crippen LogP contribution in [-0.2, 0) is 13.1 Å². The highest BCUT2D eigenvalue weighted by Crippen LogP contribution is 2.26. The first kappa shape index (κ1) is 29.2. The van der Waals surface area contributed by atoms with E-state index in [9.17, 15) is 9.18 Å². The number of anilines is 3. The number of methoxy groups -OCH3 is 1. The van der Waals surface area contributed by atoms with E-state index in [1.165, 1.54) is 12.1 Å². The van der Waals surface area contributed by atoms with Crippen molar-refractivity contribution in [3.05, 3.63) is 101 Å². The molecule has 2 N–H and O–H groups in total. The molecule has 3 aromatic carbocycles. The summed E-state index contributed by atoms with van der Waals surface area (Å²) in [6.07, 6.45) is 2.48. The van der Waals surface area contributed by atoms with Gasteiger partial charge in [-0.15, -0.1) is 0 Å². The highest BCUT2D eigenvalue weighted by molar-refractivity contribution is 6.31. The van der Waals surface area contributed by atoms with Crippen LogP contribution in [0.5, 0.6) is 5.75 Å². The molecule has 0 aliphatic carbocycles. The number of imidazole rings is 1. The van der Waals surface area contributed by atoms with Crippen molar-refractivity contribution in [1.82, 2.24) is 24.4 Å². The van der Waals surface area contributed by atoms with E-state index in [0.717, 1.165) is 17.5 Å². The van der Waals surface area contributed by atoms with E-state index >= 15 is 0 Å². The molecular formula is C32H32ClFN8O2. The minimum absolute atomic E-state index is 0.170. The molecule has 226 valence electrons. The number of aromatic nitrogens is 4. The van der Waals surface area contributed by atoms with Gasteiger partial charge in [0.2, 0.25) is 5.95 Å². The maximum Gasteiger partial charge on any atom is 0.321 e. The average Bonchev–Trinajstić information content (AvgIpc) is 3.27. The van der Waals surface area contributed by atoms with Crippen LogP contribution in [0.4, 0.5) is 26.6 Å². The lowest BCUT2D eigenvalue weighted by Gasteiger charge is -2.23. The smallest absolute Gasteiger partial charge is 0.321 e. The van der Waals surface area contributed by atoms with Crippen molar-refractivity contribution in [1.29, 1.82) is 0 Å². The maximum atomic E-state index is 13.5. The number of amides is 2. The first-order valence-corrected chi connectivity index (χ1v) is 14.7. The summed E-state index contributed by atoms with van der Waals surface area (Å²) in [5, 5.41) is 7.02. The second-order valence-corrected chi connectivity index (χ2v) is 10.9. The molecule has 5 aromatic rings. The highest BCUT2D eigenvalue weighted by Gasteiger charge is 2.23. The number of nitrogens with zero attached hydrogens (tertiary/aromatic N) is 6. The molecule has 1 aliphatic heterocycles. The van der Waals surface area contributed by atoms with Gasteiger partial charge in [-0.2, -0.15) is 9.97 Å². The lowest BCUT2D eigenvalue weighted by Crippen LogP contribution is -2.38. The summed E-state index contributed by atoms with van der Waals surface area (Å²) < 4.78 is 20.7. The molecule has 12 heteroatoms. The van der Waals surface area contributed by atoms with Gasteiger partial charge in [-0.3, -0.25) is 0 Å². The Kier molecular flexibility index (Phi) is 8.74. The maximum absolute atomic E-state index is 13.5. The number of urea groups is 1. The molecule has 10 nitrogen and oxygen atoms in total. The number of carbonyl (C=O) groups is 1. The summed E-state index contributed by atoms with van der Waals surface area (Å²) in [4.78, 5) is 31.5. The third-order valence-electron chi connectivity index (χ3n) is 7.51. The Morgan fingerprint density at radius 1 is 1.00 bits per heavy atom. The van der Waals surface area contributed by atoms with Crippen LogP contribution < -0.4 is 20.3 Å². The number of hydrogen-bond donors (Lipinski definition) is 2. The van der Waals surface area contributed by atoms with Crippen LogP contribution in [0.15, 0.2) is 79.1 Å². The Morgan fingerprint density at radius 3 is 2.66 bits per heavy atom. The fourth-order valence-electron chi connectivity index (χ4n) is 5.14. The zero-order chi connectivity index (χ0) is 30.5. The molecule has 0 spiro atoms. The van der Waals surface area contributed by atoms with Crippen molar-refractivity contribution in [2.24, 2.45) is 0 Å². The van der Waals surface area contributed by atoms with Crippen molar-refractivity contribution in [2.45, 2.75) is 19.5 Å². The quantitative estimate of drug-likeness (QED) is 0.220. The van der Waals surface area contributed by atoms with Gasteiger partial charge in [0, 0.05) is 49.5 Å². The molecule has 6 rings (SSSR count). The van der Waals surface area contributed by atoms with Gasteiger partial charge in [0.1, 0.15) is 11.6 Å². The van der Waals surface area contributed by atoms with Crippen LogP contribution in [0.1, 0.15) is 17.5 Å². The van der Waals surface area contributed by atoms with Crippen molar-refractivity contribution < 1.29 is 13.9 Å². The van der Waals surface area contributed by atoms with E-state index in [1.807, 2.05) is 47.0 Å². The molecule has 1 aliphatic rings. The second-order valence-electron chi connectivity index (χ2n) is 10.5. The molecule has 0 bridgehead atoms. The second kappa shape index (κ2) is 13.2. The normalized spacial score (nSPS) is 13.5. The van der Waals surface area contributed by atoms with Gasteiger partial charge in [0.05, 0.1) is 20.0 Å². The summed E-state index contributed by atoms with van der Waals surface area (Å²) in [5.41, 5.74) is 3.81. The molecule has 1 saturated heterocycles. The Balaban J connectivity index is 1.25. The van der Waals surface area contributed by atoms with Gasteiger partial charge in [0.25, 0.3) is 0 Å². The Bertz CT molecular complexity index is 1760. The summed E-state index contributed by atoms with van der Waals surface area (Å²) in [6, 6.07) is 21.1. The van der Waals surface area contributed by atoms with E-state index < -0.39 is 0 Å². The van der Waals surface area contributed by atoms with E-state index in [1.54, 1.807) is 36.5 Å². The predicted octanol–water partition coefficient (Wildman–Crippen LogP) is 6.03. The number of halogens is 2. The molecule has 2 aromatic heterocycles. The fraction of sp³-hybridized carbons (Fsp3) is 0.250. The first-order chi connectivity index (χ1) is 21.5. The van der Waals surface area contributed by atoms with E-state index in [4.69, 9.17) is 26.3 Å². The number of hydrogen-bond acceptors (Lipinski definition) is 7. The molecule has 0 atom stereocenters. The van der Waals surface area contributed by atoms with Gasteiger partial charge in [-0.1, -0.05) is 48.0 Å². The third-order valence-corrected chi connectivity index (χ3v) is 7.88. The number of carbonyl (C=O) groups excluding carboxylic acids is 1. The van der Waals surface area contributed by atoms with Crippen molar-refractivity contribution in [3.8, 4) is 5.75 Å². The predicted molar refractivity (Wildman–Crippen MR) is 170 cm³/mol. The summed E-state index contributed by atoms with van der Waals surface area (Å²) >= 11 is 6.47. The average molecular weight is 615 g/mol. The molecule has 0 unspecified atom stereocenters. The summed E-state index contributed by atoms with van der Waals surface area (Å²) in [5.74, 6) is 1.50. The van der Waals surface area contributed by atoms with E-state index in [2.05, 4.69) is 20.5 Å². The van der Waals surface area contributed by atoms with Gasteiger partial charge in [-0.25, -0.2) is 14.2 Å². The third kappa shape index (κ3) is 6.68. The van der Waals surface area contributed by atoms with Crippen LogP contribution in [0.2, 0.25) is 5.02 Å². The summed E-state index contributed by atoms with van der Waals surface area (Å²) in [6.45, 7) is 3.23. The van der Waals surface area contributed by atoms with Crippen molar-refractivity contribution in [2.75, 3.05) is 48.8 Å². The molecule has 0 radical (unpaired) electrons. The number of fused-ring (bicyclic) bond motifs is 1. The van der Waals surface area contributed by atoms with Gasteiger partial charge in [-0.05, 0) is 47.9 Å². The molecular weight excluding hydrogens is 583 g/mol. The fourth-order valence-corrected chi connectivity index (χ4v) is 5.33. The summed E-state index contributed by atoms with van der Waals surface area (Å²) in [7, 11) is 1.59. The Morgan fingerprint density at radius 2 is 1.84 bits per heavy atom. The monoisotopic (exact) mass is 614 g/mol. The van der Waals surface area contributed by atoms with Crippen LogP contribution in [0.25, 0.3) is 11.2 Å². The van der Waals surface area contributed by atoms with Crippen LogP contribution in [-0.4, -0.2) is 63.7 Å². The Hall–Kier alpha value is -4.90. The largest absolute Gasteiger partial charge is 0.497 e. The minimum atomic E-state index is -0.286. The SMILES string of the molecule is COc1cccc(NC(=O)N2CCCN(c3nc(NCc4ccc(F)cc4)c4ncn(Cc5ccccc5Cl)c4n3)CC2)c1. The number of nitrogens with one attached hydrogen (secondary N) is 2. The zero-order valence-corrected chi connectivity index (χ0v) is 25.0. The Labute approximate surface area is 259 Å². The first-order valence-electron chi connectivity index (χ1n) is 14.4.